The van der Waals surface area contributed by atoms with Crippen molar-refractivity contribution in [2.24, 2.45) is 0 Å². The highest BCUT2D eigenvalue weighted by Gasteiger charge is 2.34. The van der Waals surface area contributed by atoms with E-state index in [2.05, 4.69) is 9.97 Å². The Morgan fingerprint density at radius 1 is 1.19 bits per heavy atom. The third kappa shape index (κ3) is 3.15. The summed E-state index contributed by atoms with van der Waals surface area (Å²) >= 11 is 5.97. The Balaban J connectivity index is 2.58. The third-order valence-corrected chi connectivity index (χ3v) is 3.36. The monoisotopic (exact) mass is 318 g/mol. The van der Waals surface area contributed by atoms with Gasteiger partial charge in [-0.15, -0.1) is 0 Å². The van der Waals surface area contributed by atoms with Crippen LogP contribution in [0.1, 0.15) is 23.9 Å². The molecular weight excluding hydrogens is 308 g/mol. The van der Waals surface area contributed by atoms with Gasteiger partial charge in [-0.1, -0.05) is 24.6 Å². The summed E-state index contributed by atoms with van der Waals surface area (Å²) in [6.07, 6.45) is -4.22. The molecule has 0 unspecified atom stereocenters. The number of hydrogen-bond donors (Lipinski definition) is 0. The molecule has 0 saturated carbocycles. The molecule has 2 nitrogen and oxygen atoms in total. The molecule has 0 aliphatic heterocycles. The van der Waals surface area contributed by atoms with Crippen LogP contribution in [-0.4, -0.2) is 9.97 Å². The van der Waals surface area contributed by atoms with E-state index in [1.807, 2.05) is 6.92 Å². The second-order valence-electron chi connectivity index (χ2n) is 4.45. The molecule has 0 N–H and O–H groups in total. The Bertz CT molecular complexity index is 683. The first-order chi connectivity index (χ1) is 9.74. The summed E-state index contributed by atoms with van der Waals surface area (Å²) in [7, 11) is 0. The second-order valence-corrected chi connectivity index (χ2v) is 4.81. The van der Waals surface area contributed by atoms with Gasteiger partial charge in [-0.2, -0.15) is 13.2 Å². The second kappa shape index (κ2) is 5.60. The zero-order chi connectivity index (χ0) is 15.8. The van der Waals surface area contributed by atoms with Crippen molar-refractivity contribution in [2.45, 2.75) is 26.4 Å². The fraction of sp³-hybridized carbons (Fsp3) is 0.286. The topological polar surface area (TPSA) is 25.8 Å². The van der Waals surface area contributed by atoms with Crippen LogP contribution in [0, 0.1) is 12.7 Å². The summed E-state index contributed by atoms with van der Waals surface area (Å²) in [5.41, 5.74) is -0.246. The highest BCUT2D eigenvalue weighted by Crippen LogP contribution is 2.34. The van der Waals surface area contributed by atoms with Crippen molar-refractivity contribution in [3.8, 4) is 11.3 Å². The third-order valence-electron chi connectivity index (χ3n) is 3.00. The molecular formula is C14H11ClF4N2. The molecule has 0 atom stereocenters. The molecule has 0 fully saturated rings. The molecule has 0 bridgehead atoms. The van der Waals surface area contributed by atoms with E-state index >= 15 is 0 Å². The molecule has 1 heterocycles. The molecule has 0 aliphatic carbocycles. The first-order valence-electron chi connectivity index (χ1n) is 6.14. The zero-order valence-corrected chi connectivity index (χ0v) is 12.0. The van der Waals surface area contributed by atoms with Crippen molar-refractivity contribution >= 4 is 11.6 Å². The quantitative estimate of drug-likeness (QED) is 0.585. The zero-order valence-electron chi connectivity index (χ0n) is 11.2. The van der Waals surface area contributed by atoms with Crippen LogP contribution in [0.15, 0.2) is 18.2 Å². The molecule has 2 rings (SSSR count). The summed E-state index contributed by atoms with van der Waals surface area (Å²) in [6.45, 7) is 3.45. The maximum absolute atomic E-state index is 13.7. The van der Waals surface area contributed by atoms with E-state index in [-0.39, 0.29) is 10.7 Å². The molecule has 0 radical (unpaired) electrons. The predicted molar refractivity (Wildman–Crippen MR) is 71.6 cm³/mol. The summed E-state index contributed by atoms with van der Waals surface area (Å²) in [6, 6.07) is 2.69. The normalized spacial score (nSPS) is 11.8. The van der Waals surface area contributed by atoms with E-state index < -0.39 is 17.6 Å². The molecule has 7 heteroatoms. The van der Waals surface area contributed by atoms with E-state index in [9.17, 15) is 17.6 Å². The van der Waals surface area contributed by atoms with Crippen LogP contribution in [-0.2, 0) is 12.6 Å². The average Bonchev–Trinajstić information content (AvgIpc) is 2.40. The molecule has 112 valence electrons. The van der Waals surface area contributed by atoms with Gasteiger partial charge in [0.2, 0.25) is 0 Å². The molecule has 2 aromatic rings. The van der Waals surface area contributed by atoms with Crippen LogP contribution < -0.4 is 0 Å². The van der Waals surface area contributed by atoms with E-state index in [4.69, 9.17) is 11.6 Å². The van der Waals surface area contributed by atoms with E-state index in [0.29, 0.717) is 29.6 Å². The van der Waals surface area contributed by atoms with E-state index in [0.717, 1.165) is 6.07 Å². The van der Waals surface area contributed by atoms with Gasteiger partial charge in [0.15, 0.2) is 0 Å². The number of benzene rings is 1. The van der Waals surface area contributed by atoms with Crippen LogP contribution in [0.2, 0.25) is 5.15 Å². The first-order valence-corrected chi connectivity index (χ1v) is 6.52. The van der Waals surface area contributed by atoms with Gasteiger partial charge in [-0.25, -0.2) is 14.4 Å². The molecule has 1 aromatic carbocycles. The predicted octanol–water partition coefficient (Wildman–Crippen LogP) is 4.83. The minimum absolute atomic E-state index is 0.206. The number of halogens is 5. The molecule has 0 spiro atoms. The number of aryl methyl sites for hydroxylation is 1. The number of nitrogens with zero attached hydrogens (tertiary/aromatic N) is 2. The SMILES string of the molecule is CCc1nc(Cl)c(C)c(-c2ccc(C(F)(F)F)c(F)c2)n1. The lowest BCUT2D eigenvalue weighted by molar-refractivity contribution is -0.139. The van der Waals surface area contributed by atoms with Gasteiger partial charge in [-0.05, 0) is 19.1 Å². The lowest BCUT2D eigenvalue weighted by Crippen LogP contribution is -2.08. The molecule has 21 heavy (non-hydrogen) atoms. The number of alkyl halides is 3. The van der Waals surface area contributed by atoms with Crippen molar-refractivity contribution in [1.82, 2.24) is 9.97 Å². The van der Waals surface area contributed by atoms with Gasteiger partial charge in [-0.3, -0.25) is 0 Å². The van der Waals surface area contributed by atoms with Crippen molar-refractivity contribution in [2.75, 3.05) is 0 Å². The average molecular weight is 319 g/mol. The van der Waals surface area contributed by atoms with Gasteiger partial charge in [0, 0.05) is 17.5 Å². The van der Waals surface area contributed by atoms with Crippen molar-refractivity contribution in [3.05, 3.63) is 46.1 Å². The van der Waals surface area contributed by atoms with Crippen LogP contribution >= 0.6 is 11.6 Å². The fourth-order valence-electron chi connectivity index (χ4n) is 1.86. The fourth-order valence-corrected chi connectivity index (χ4v) is 2.05. The van der Waals surface area contributed by atoms with E-state index in [1.165, 1.54) is 6.07 Å². The Labute approximate surface area is 123 Å². The summed E-state index contributed by atoms with van der Waals surface area (Å²) in [5.74, 6) is -0.895. The lowest BCUT2D eigenvalue weighted by Gasteiger charge is -2.11. The van der Waals surface area contributed by atoms with Gasteiger partial charge in [0.25, 0.3) is 0 Å². The smallest absolute Gasteiger partial charge is 0.233 e. The van der Waals surface area contributed by atoms with Crippen molar-refractivity contribution < 1.29 is 17.6 Å². The van der Waals surface area contributed by atoms with Crippen molar-refractivity contribution in [1.29, 1.82) is 0 Å². The minimum Gasteiger partial charge on any atom is -0.233 e. The summed E-state index contributed by atoms with van der Waals surface area (Å²) < 4.78 is 51.3. The highest BCUT2D eigenvalue weighted by atomic mass is 35.5. The van der Waals surface area contributed by atoms with Gasteiger partial charge in [0.1, 0.15) is 16.8 Å². The summed E-state index contributed by atoms with van der Waals surface area (Å²) in [4.78, 5) is 8.25. The molecule has 0 aliphatic rings. The molecule has 0 saturated heterocycles. The van der Waals surface area contributed by atoms with Gasteiger partial charge >= 0.3 is 6.18 Å². The molecule has 1 aromatic heterocycles. The standard InChI is InChI=1S/C14H11ClF4N2/c1-3-11-20-12(7(2)13(15)21-11)8-4-5-9(10(16)6-8)14(17,18)19/h4-6H,3H2,1-2H3. The highest BCUT2D eigenvalue weighted by molar-refractivity contribution is 6.30. The number of rotatable bonds is 2. The maximum Gasteiger partial charge on any atom is 0.419 e. The lowest BCUT2D eigenvalue weighted by atomic mass is 10.0. The van der Waals surface area contributed by atoms with Gasteiger partial charge < -0.3 is 0 Å². The Morgan fingerprint density at radius 2 is 1.86 bits per heavy atom. The Kier molecular flexibility index (Phi) is 4.18. The van der Waals surface area contributed by atoms with Gasteiger partial charge in [0.05, 0.1) is 11.3 Å². The Morgan fingerprint density at radius 3 is 2.38 bits per heavy atom. The van der Waals surface area contributed by atoms with Crippen LogP contribution in [0.5, 0.6) is 0 Å². The molecule has 0 amide bonds. The Hall–Kier alpha value is -1.69. The first kappa shape index (κ1) is 15.7. The number of aromatic nitrogens is 2. The maximum atomic E-state index is 13.7. The summed E-state index contributed by atoms with van der Waals surface area (Å²) in [5, 5.41) is 0.206. The minimum atomic E-state index is -4.73. The number of hydrogen-bond acceptors (Lipinski definition) is 2. The van der Waals surface area contributed by atoms with Crippen LogP contribution in [0.4, 0.5) is 17.6 Å². The van der Waals surface area contributed by atoms with Crippen LogP contribution in [0.3, 0.4) is 0 Å². The van der Waals surface area contributed by atoms with E-state index in [1.54, 1.807) is 6.92 Å². The van der Waals surface area contributed by atoms with Crippen molar-refractivity contribution in [3.63, 3.8) is 0 Å². The van der Waals surface area contributed by atoms with Crippen LogP contribution in [0.25, 0.3) is 11.3 Å². The largest absolute Gasteiger partial charge is 0.419 e.